The number of likely N-dealkylation sites (tertiary alicyclic amines) is 1. The lowest BCUT2D eigenvalue weighted by atomic mass is 9.71. The SMILES string of the molecule is CC(C)n1cncc1CN1CC[C@H](O)[C@@]2(CCCNC2=O)C1. The highest BCUT2D eigenvalue weighted by molar-refractivity contribution is 5.84. The first-order valence-corrected chi connectivity index (χ1v) is 8.22. The van der Waals surface area contributed by atoms with Gasteiger partial charge in [0.1, 0.15) is 0 Å². The highest BCUT2D eigenvalue weighted by atomic mass is 16.3. The molecule has 2 atom stereocenters. The molecule has 0 radical (unpaired) electrons. The molecule has 0 unspecified atom stereocenters. The van der Waals surface area contributed by atoms with Crippen LogP contribution in [0.15, 0.2) is 12.5 Å². The van der Waals surface area contributed by atoms with E-state index in [0.717, 1.165) is 38.2 Å². The molecule has 2 aliphatic heterocycles. The molecule has 2 aliphatic rings. The number of carbonyl (C=O) groups excluding carboxylic acids is 1. The molecule has 2 N–H and O–H groups in total. The van der Waals surface area contributed by atoms with Gasteiger partial charge in [-0.05, 0) is 33.1 Å². The number of hydrogen-bond donors (Lipinski definition) is 2. The summed E-state index contributed by atoms with van der Waals surface area (Å²) in [6, 6.07) is 0.375. The number of rotatable bonds is 3. The Bertz CT molecular complexity index is 542. The van der Waals surface area contributed by atoms with Crippen molar-refractivity contribution in [3.8, 4) is 0 Å². The minimum absolute atomic E-state index is 0.0216. The summed E-state index contributed by atoms with van der Waals surface area (Å²) in [6.07, 6.45) is 5.61. The molecular weight excluding hydrogens is 280 g/mol. The van der Waals surface area contributed by atoms with Crippen LogP contribution in [0.3, 0.4) is 0 Å². The molecule has 1 aromatic heterocycles. The van der Waals surface area contributed by atoms with Crippen molar-refractivity contribution in [3.63, 3.8) is 0 Å². The van der Waals surface area contributed by atoms with Crippen molar-refractivity contribution in [2.75, 3.05) is 19.6 Å². The molecule has 0 aromatic carbocycles. The molecule has 1 amide bonds. The molecular formula is C16H26N4O2. The van der Waals surface area contributed by atoms with E-state index in [-0.39, 0.29) is 5.91 Å². The number of aliphatic hydroxyl groups is 1. The largest absolute Gasteiger partial charge is 0.392 e. The van der Waals surface area contributed by atoms with Gasteiger partial charge in [0.25, 0.3) is 0 Å². The van der Waals surface area contributed by atoms with Crippen molar-refractivity contribution in [1.29, 1.82) is 0 Å². The lowest BCUT2D eigenvalue weighted by molar-refractivity contribution is -0.149. The number of piperidine rings is 2. The van der Waals surface area contributed by atoms with E-state index < -0.39 is 11.5 Å². The Kier molecular flexibility index (Phi) is 4.23. The molecule has 0 saturated carbocycles. The van der Waals surface area contributed by atoms with Crippen LogP contribution in [0.1, 0.15) is 44.8 Å². The number of hydrogen-bond acceptors (Lipinski definition) is 4. The molecule has 6 heteroatoms. The summed E-state index contributed by atoms with van der Waals surface area (Å²) in [6.45, 7) is 7.23. The van der Waals surface area contributed by atoms with Gasteiger partial charge < -0.3 is 15.0 Å². The second-order valence-corrected chi connectivity index (χ2v) is 6.92. The molecule has 1 spiro atoms. The summed E-state index contributed by atoms with van der Waals surface area (Å²) in [5, 5.41) is 13.4. The highest BCUT2D eigenvalue weighted by Gasteiger charge is 2.49. The molecule has 0 aliphatic carbocycles. The molecule has 122 valence electrons. The van der Waals surface area contributed by atoms with Gasteiger partial charge in [0.15, 0.2) is 0 Å². The summed E-state index contributed by atoms with van der Waals surface area (Å²) < 4.78 is 2.17. The number of carbonyl (C=O) groups is 1. The minimum Gasteiger partial charge on any atom is -0.392 e. The molecule has 3 heterocycles. The Labute approximate surface area is 131 Å². The van der Waals surface area contributed by atoms with Crippen LogP contribution in [0, 0.1) is 5.41 Å². The fourth-order valence-corrected chi connectivity index (χ4v) is 3.81. The van der Waals surface area contributed by atoms with Crippen LogP contribution in [0.5, 0.6) is 0 Å². The van der Waals surface area contributed by atoms with Crippen molar-refractivity contribution in [2.24, 2.45) is 5.41 Å². The van der Waals surface area contributed by atoms with E-state index in [4.69, 9.17) is 0 Å². The first-order chi connectivity index (χ1) is 10.5. The summed E-state index contributed by atoms with van der Waals surface area (Å²) in [5.41, 5.74) is 0.539. The molecule has 1 aromatic rings. The first kappa shape index (κ1) is 15.5. The number of aromatic nitrogens is 2. The predicted molar refractivity (Wildman–Crippen MR) is 83.2 cm³/mol. The topological polar surface area (TPSA) is 70.4 Å². The van der Waals surface area contributed by atoms with Crippen LogP contribution in [0.25, 0.3) is 0 Å². The molecule has 6 nitrogen and oxygen atoms in total. The smallest absolute Gasteiger partial charge is 0.230 e. The van der Waals surface area contributed by atoms with E-state index in [2.05, 4.69) is 33.6 Å². The van der Waals surface area contributed by atoms with E-state index in [1.165, 1.54) is 0 Å². The number of amides is 1. The molecule has 22 heavy (non-hydrogen) atoms. The maximum atomic E-state index is 12.4. The van der Waals surface area contributed by atoms with Gasteiger partial charge in [0.2, 0.25) is 5.91 Å². The van der Waals surface area contributed by atoms with Crippen molar-refractivity contribution in [2.45, 2.75) is 51.8 Å². The van der Waals surface area contributed by atoms with Gasteiger partial charge in [0, 0.05) is 38.4 Å². The van der Waals surface area contributed by atoms with Gasteiger partial charge in [-0.3, -0.25) is 9.69 Å². The zero-order chi connectivity index (χ0) is 15.7. The molecule has 2 saturated heterocycles. The van der Waals surface area contributed by atoms with Gasteiger partial charge in [-0.2, -0.15) is 0 Å². The van der Waals surface area contributed by atoms with E-state index in [9.17, 15) is 9.90 Å². The van der Waals surface area contributed by atoms with Gasteiger partial charge in [-0.15, -0.1) is 0 Å². The normalized spacial score (nSPS) is 30.0. The number of nitrogens with one attached hydrogen (secondary N) is 1. The fraction of sp³-hybridized carbons (Fsp3) is 0.750. The van der Waals surface area contributed by atoms with Crippen molar-refractivity contribution in [3.05, 3.63) is 18.2 Å². The lowest BCUT2D eigenvalue weighted by Crippen LogP contribution is -2.61. The van der Waals surface area contributed by atoms with E-state index in [1.54, 1.807) is 0 Å². The number of nitrogens with zero attached hydrogens (tertiary/aromatic N) is 3. The highest BCUT2D eigenvalue weighted by Crippen LogP contribution is 2.37. The molecule has 0 bridgehead atoms. The summed E-state index contributed by atoms with van der Waals surface area (Å²) in [4.78, 5) is 18.9. The summed E-state index contributed by atoms with van der Waals surface area (Å²) in [7, 11) is 0. The van der Waals surface area contributed by atoms with E-state index in [1.807, 2.05) is 12.5 Å². The van der Waals surface area contributed by atoms with Crippen molar-refractivity contribution >= 4 is 5.91 Å². The van der Waals surface area contributed by atoms with Gasteiger partial charge in [-0.1, -0.05) is 0 Å². The Morgan fingerprint density at radius 3 is 3.09 bits per heavy atom. The minimum atomic E-state index is -0.626. The van der Waals surface area contributed by atoms with Gasteiger partial charge in [0.05, 0.1) is 23.5 Å². The number of imidazole rings is 1. The third kappa shape index (κ3) is 2.65. The third-order valence-corrected chi connectivity index (χ3v) is 5.09. The van der Waals surface area contributed by atoms with Crippen LogP contribution in [-0.4, -0.2) is 51.2 Å². The predicted octanol–water partition coefficient (Wildman–Crippen LogP) is 0.927. The second kappa shape index (κ2) is 6.01. The van der Waals surface area contributed by atoms with Crippen LogP contribution < -0.4 is 5.32 Å². The van der Waals surface area contributed by atoms with Gasteiger partial charge in [-0.25, -0.2) is 4.98 Å². The van der Waals surface area contributed by atoms with Crippen molar-refractivity contribution in [1.82, 2.24) is 19.8 Å². The average molecular weight is 306 g/mol. The average Bonchev–Trinajstić information content (AvgIpc) is 2.94. The maximum absolute atomic E-state index is 12.4. The quantitative estimate of drug-likeness (QED) is 0.871. The van der Waals surface area contributed by atoms with Crippen LogP contribution in [0.2, 0.25) is 0 Å². The van der Waals surface area contributed by atoms with Crippen LogP contribution >= 0.6 is 0 Å². The fourth-order valence-electron chi connectivity index (χ4n) is 3.81. The van der Waals surface area contributed by atoms with E-state index >= 15 is 0 Å². The lowest BCUT2D eigenvalue weighted by Gasteiger charge is -2.47. The standard InChI is InChI=1S/C16H26N4O2/c1-12(2)20-11-17-8-13(20)9-19-7-4-14(21)16(10-19)5-3-6-18-15(16)22/h8,11-12,14,21H,3-7,9-10H2,1-2H3,(H,18,22)/t14-,16+/m0/s1. The van der Waals surface area contributed by atoms with Crippen LogP contribution in [-0.2, 0) is 11.3 Å². The van der Waals surface area contributed by atoms with Crippen LogP contribution in [0.4, 0.5) is 0 Å². The third-order valence-electron chi connectivity index (χ3n) is 5.09. The molecule has 2 fully saturated rings. The second-order valence-electron chi connectivity index (χ2n) is 6.92. The maximum Gasteiger partial charge on any atom is 0.230 e. The Hall–Kier alpha value is -1.40. The number of aliphatic hydroxyl groups excluding tert-OH is 1. The Balaban J connectivity index is 1.76. The molecule has 3 rings (SSSR count). The Morgan fingerprint density at radius 2 is 2.36 bits per heavy atom. The zero-order valence-corrected chi connectivity index (χ0v) is 13.5. The zero-order valence-electron chi connectivity index (χ0n) is 13.5. The van der Waals surface area contributed by atoms with Gasteiger partial charge >= 0.3 is 0 Å². The van der Waals surface area contributed by atoms with E-state index in [0.29, 0.717) is 19.0 Å². The van der Waals surface area contributed by atoms with Crippen molar-refractivity contribution < 1.29 is 9.90 Å². The Morgan fingerprint density at radius 1 is 1.55 bits per heavy atom. The first-order valence-electron chi connectivity index (χ1n) is 8.22. The summed E-state index contributed by atoms with van der Waals surface area (Å²) in [5.74, 6) is 0.0216. The summed E-state index contributed by atoms with van der Waals surface area (Å²) >= 11 is 0. The monoisotopic (exact) mass is 306 g/mol.